The lowest BCUT2D eigenvalue weighted by Gasteiger charge is -2.45. The largest absolute Gasteiger partial charge is 0.338 e. The number of hydrogen-bond donors (Lipinski definition) is 1. The highest BCUT2D eigenvalue weighted by atomic mass is 16.2. The monoisotopic (exact) mass is 509 g/mol. The number of piperidine rings is 1. The van der Waals surface area contributed by atoms with Gasteiger partial charge in [-0.05, 0) is 49.9 Å². The second kappa shape index (κ2) is 9.04. The van der Waals surface area contributed by atoms with Gasteiger partial charge in [-0.15, -0.1) is 0 Å². The molecule has 3 amide bonds. The van der Waals surface area contributed by atoms with Crippen LogP contribution in [0.3, 0.4) is 0 Å². The van der Waals surface area contributed by atoms with Gasteiger partial charge in [-0.1, -0.05) is 36.4 Å². The number of fused-ring (bicyclic) bond motifs is 3. The van der Waals surface area contributed by atoms with Crippen LogP contribution in [0.2, 0.25) is 0 Å². The number of likely N-dealkylation sites (tertiary alicyclic amines) is 1. The summed E-state index contributed by atoms with van der Waals surface area (Å²) in [6, 6.07) is 15.3. The molecule has 194 valence electrons. The summed E-state index contributed by atoms with van der Waals surface area (Å²) in [6.45, 7) is 4.65. The minimum absolute atomic E-state index is 0.0252. The summed E-state index contributed by atoms with van der Waals surface area (Å²) < 4.78 is 0. The minimum atomic E-state index is -0.744. The zero-order chi connectivity index (χ0) is 26.6. The van der Waals surface area contributed by atoms with E-state index in [1.54, 1.807) is 24.3 Å². The van der Waals surface area contributed by atoms with Crippen molar-refractivity contribution in [3.05, 3.63) is 88.9 Å². The average Bonchev–Trinajstić information content (AvgIpc) is 3.45. The van der Waals surface area contributed by atoms with Crippen molar-refractivity contribution in [1.29, 1.82) is 0 Å². The van der Waals surface area contributed by atoms with Gasteiger partial charge in [0, 0.05) is 55.6 Å². The molecule has 3 aliphatic rings. The van der Waals surface area contributed by atoms with Crippen molar-refractivity contribution in [3.63, 3.8) is 0 Å². The maximum atomic E-state index is 13.7. The second-order valence-corrected chi connectivity index (χ2v) is 10.7. The molecular weight excluding hydrogens is 478 g/mol. The molecule has 2 aromatic heterocycles. The lowest BCUT2D eigenvalue weighted by Crippen LogP contribution is -2.58. The molecule has 38 heavy (non-hydrogen) atoms. The van der Waals surface area contributed by atoms with Gasteiger partial charge in [0.1, 0.15) is 11.9 Å². The molecule has 6 rings (SSSR count). The second-order valence-electron chi connectivity index (χ2n) is 10.7. The van der Waals surface area contributed by atoms with Crippen molar-refractivity contribution in [3.8, 4) is 0 Å². The summed E-state index contributed by atoms with van der Waals surface area (Å²) in [5.41, 5.74) is 3.44. The molecule has 2 aliphatic heterocycles. The van der Waals surface area contributed by atoms with E-state index in [0.717, 1.165) is 16.8 Å². The molecule has 1 fully saturated rings. The maximum Gasteiger partial charge on any atom is 0.255 e. The van der Waals surface area contributed by atoms with E-state index in [2.05, 4.69) is 34.3 Å². The molecule has 1 aromatic carbocycles. The van der Waals surface area contributed by atoms with Crippen LogP contribution >= 0.6 is 0 Å². The molecule has 1 saturated heterocycles. The molecule has 0 bridgehead atoms. The van der Waals surface area contributed by atoms with E-state index >= 15 is 0 Å². The number of carbonyl (C=O) groups excluding carboxylic acids is 3. The van der Waals surface area contributed by atoms with Gasteiger partial charge in [-0.2, -0.15) is 0 Å². The highest BCUT2D eigenvalue weighted by Crippen LogP contribution is 2.46. The number of likely N-dealkylation sites (N-methyl/N-ethyl adjacent to an activating group) is 2. The van der Waals surface area contributed by atoms with E-state index in [9.17, 15) is 14.4 Å². The molecule has 4 heterocycles. The van der Waals surface area contributed by atoms with Crippen LogP contribution in [-0.2, 0) is 27.8 Å². The topological polar surface area (TPSA) is 95.5 Å². The fraction of sp³-hybridized carbons (Fsp3) is 0.367. The Morgan fingerprint density at radius 3 is 2.68 bits per heavy atom. The summed E-state index contributed by atoms with van der Waals surface area (Å²) in [7, 11) is 1.71. The lowest BCUT2D eigenvalue weighted by molar-refractivity contribution is -0.142. The quantitative estimate of drug-likeness (QED) is 0.582. The molecule has 4 atom stereocenters. The maximum absolute atomic E-state index is 13.7. The first-order valence-electron chi connectivity index (χ1n) is 13.2. The number of carbonyl (C=O) groups is 3. The summed E-state index contributed by atoms with van der Waals surface area (Å²) in [5.74, 6) is 0.377. The zero-order valence-electron chi connectivity index (χ0n) is 21.8. The van der Waals surface area contributed by atoms with Crippen molar-refractivity contribution in [2.75, 3.05) is 18.9 Å². The third kappa shape index (κ3) is 3.61. The molecule has 8 nitrogen and oxygen atoms in total. The van der Waals surface area contributed by atoms with E-state index in [0.29, 0.717) is 37.2 Å². The van der Waals surface area contributed by atoms with Gasteiger partial charge in [0.2, 0.25) is 11.8 Å². The van der Waals surface area contributed by atoms with Crippen LogP contribution < -0.4 is 5.32 Å². The predicted octanol–water partition coefficient (Wildman–Crippen LogP) is 3.33. The minimum Gasteiger partial charge on any atom is -0.338 e. The van der Waals surface area contributed by atoms with Gasteiger partial charge in [0.05, 0.1) is 11.0 Å². The van der Waals surface area contributed by atoms with Crippen molar-refractivity contribution >= 4 is 23.5 Å². The molecular formula is C30H31N5O3. The van der Waals surface area contributed by atoms with Crippen molar-refractivity contribution in [2.45, 2.75) is 56.5 Å². The fourth-order valence-corrected chi connectivity index (χ4v) is 6.61. The van der Waals surface area contributed by atoms with Gasteiger partial charge in [-0.25, -0.2) is 4.98 Å². The Labute approximate surface area is 222 Å². The van der Waals surface area contributed by atoms with Gasteiger partial charge in [0.25, 0.3) is 5.91 Å². The number of benzene rings is 1. The first-order chi connectivity index (χ1) is 18.3. The number of nitrogens with zero attached hydrogens (tertiary/aromatic N) is 4. The Kier molecular flexibility index (Phi) is 5.78. The predicted molar refractivity (Wildman–Crippen MR) is 143 cm³/mol. The highest BCUT2D eigenvalue weighted by Gasteiger charge is 2.52. The SMILES string of the molecule is CCN1C(=O)[C@@H](N(C)C(=O)c2cnc3c(c2)C[C@@]2(C3)C(=O)Nc3ncccc32)C[C@@H](c2ccccc2)[C@H]1C. The zero-order valence-corrected chi connectivity index (χ0v) is 21.8. The smallest absolute Gasteiger partial charge is 0.255 e. The molecule has 0 saturated carbocycles. The van der Waals surface area contributed by atoms with Crippen LogP contribution in [0.25, 0.3) is 0 Å². The van der Waals surface area contributed by atoms with E-state index in [1.165, 1.54) is 5.56 Å². The molecule has 1 aliphatic carbocycles. The van der Waals surface area contributed by atoms with Crippen LogP contribution in [0.4, 0.5) is 5.82 Å². The molecule has 3 aromatic rings. The Hall–Kier alpha value is -4.07. The summed E-state index contributed by atoms with van der Waals surface area (Å²) >= 11 is 0. The molecule has 8 heteroatoms. The van der Waals surface area contributed by atoms with Gasteiger partial charge in [-0.3, -0.25) is 19.4 Å². The Morgan fingerprint density at radius 2 is 1.92 bits per heavy atom. The van der Waals surface area contributed by atoms with Crippen LogP contribution in [-0.4, -0.2) is 63.2 Å². The number of pyridine rings is 2. The third-order valence-electron chi connectivity index (χ3n) is 8.73. The highest BCUT2D eigenvalue weighted by molar-refractivity contribution is 6.06. The van der Waals surface area contributed by atoms with Crippen molar-refractivity contribution in [2.24, 2.45) is 0 Å². The van der Waals surface area contributed by atoms with E-state index in [4.69, 9.17) is 0 Å². The Morgan fingerprint density at radius 1 is 1.13 bits per heavy atom. The first-order valence-corrected chi connectivity index (χ1v) is 13.2. The van der Waals surface area contributed by atoms with E-state index in [-0.39, 0.29) is 29.7 Å². The van der Waals surface area contributed by atoms with Gasteiger partial charge >= 0.3 is 0 Å². The average molecular weight is 510 g/mol. The first kappa shape index (κ1) is 24.3. The number of nitrogens with one attached hydrogen (secondary N) is 1. The normalized spacial score (nSPS) is 25.8. The van der Waals surface area contributed by atoms with Crippen LogP contribution in [0.1, 0.15) is 58.9 Å². The summed E-state index contributed by atoms with van der Waals surface area (Å²) in [6.07, 6.45) is 4.75. The fourth-order valence-electron chi connectivity index (χ4n) is 6.61. The molecule has 1 spiro atoms. The number of amides is 3. The molecule has 0 unspecified atom stereocenters. The van der Waals surface area contributed by atoms with Crippen molar-refractivity contribution < 1.29 is 14.4 Å². The Balaban J connectivity index is 1.27. The molecule has 0 radical (unpaired) electrons. The Bertz CT molecular complexity index is 1440. The lowest BCUT2D eigenvalue weighted by atomic mass is 9.80. The van der Waals surface area contributed by atoms with Crippen LogP contribution in [0, 0.1) is 0 Å². The van der Waals surface area contributed by atoms with Crippen LogP contribution in [0.5, 0.6) is 0 Å². The number of aromatic nitrogens is 2. The summed E-state index contributed by atoms with van der Waals surface area (Å²) in [4.78, 5) is 52.6. The van der Waals surface area contributed by atoms with Gasteiger partial charge in [0.15, 0.2) is 0 Å². The third-order valence-corrected chi connectivity index (χ3v) is 8.73. The number of rotatable bonds is 4. The summed E-state index contributed by atoms with van der Waals surface area (Å²) in [5, 5.41) is 2.90. The molecule has 1 N–H and O–H groups in total. The number of anilines is 1. The van der Waals surface area contributed by atoms with E-state index < -0.39 is 11.5 Å². The van der Waals surface area contributed by atoms with Crippen molar-refractivity contribution in [1.82, 2.24) is 19.8 Å². The number of hydrogen-bond acceptors (Lipinski definition) is 5. The van der Waals surface area contributed by atoms with Gasteiger partial charge < -0.3 is 15.1 Å². The van der Waals surface area contributed by atoms with Crippen LogP contribution in [0.15, 0.2) is 60.9 Å². The van der Waals surface area contributed by atoms with E-state index in [1.807, 2.05) is 48.2 Å². The standard InChI is InChI=1S/C30H31N5O3/c1-4-35-18(2)22(19-9-6-5-7-10-19)14-25(28(35)37)34(3)27(36)21-13-20-15-30(16-24(20)32-17-21)23-11-8-12-31-26(23)33-29(30)38/h5-13,17-18,22,25H,4,14-16H2,1-3H3,(H,31,33,38)/t18-,22-,25+,30+/m1/s1.